The van der Waals surface area contributed by atoms with E-state index in [0.29, 0.717) is 96.7 Å². The van der Waals surface area contributed by atoms with Gasteiger partial charge < -0.3 is 52.0 Å². The minimum atomic E-state index is 0. The number of nitrogens with zero attached hydrogens (tertiary/aromatic N) is 8. The van der Waals surface area contributed by atoms with Gasteiger partial charge in [-0.05, 0) is 25.7 Å². The zero-order valence-corrected chi connectivity index (χ0v) is 62.0. The molecule has 0 amide bonds. The summed E-state index contributed by atoms with van der Waals surface area (Å²) in [5, 5.41) is 34.2. The van der Waals surface area contributed by atoms with Gasteiger partial charge in [0.1, 0.15) is 0 Å². The molecule has 2 saturated heterocycles. The molecule has 0 N–H and O–H groups in total. The normalized spacial score (nSPS) is 12.3. The standard InChI is InChI=1S/8C6H14N.2C4H8O.2Na.2Sc/c8*1-5(2)7-6(3)4;2*1-2-4-5-3-1;;;;/h8*5-6H,1-4H3;2*1-4H2;;;;/q8*-1;;;2*+1;2*+3. The first-order valence-corrected chi connectivity index (χ1v) is 26.8. The Balaban J connectivity index is -0.0000000531. The topological polar surface area (TPSA) is 131 Å². The van der Waals surface area contributed by atoms with E-state index in [1.54, 1.807) is 0 Å². The van der Waals surface area contributed by atoms with Gasteiger partial charge in [0, 0.05) is 26.4 Å². The van der Waals surface area contributed by atoms with Crippen LogP contribution in [0.5, 0.6) is 0 Å². The van der Waals surface area contributed by atoms with E-state index >= 15 is 0 Å². The van der Waals surface area contributed by atoms with Crippen LogP contribution < -0.4 is 59.1 Å². The van der Waals surface area contributed by atoms with Crippen molar-refractivity contribution in [3.63, 3.8) is 0 Å². The first-order chi connectivity index (χ1) is 30.0. The molecule has 0 radical (unpaired) electrons. The van der Waals surface area contributed by atoms with Crippen molar-refractivity contribution in [2.45, 2.75) is 344 Å². The summed E-state index contributed by atoms with van der Waals surface area (Å²) in [5.41, 5.74) is 0. The maximum absolute atomic E-state index is 4.94. The van der Waals surface area contributed by atoms with Gasteiger partial charge in [-0.2, -0.15) is 0 Å². The van der Waals surface area contributed by atoms with E-state index in [-0.39, 0.29) is 111 Å². The Bertz CT molecular complexity index is 590. The van der Waals surface area contributed by atoms with Crippen LogP contribution in [-0.2, 0) is 61.2 Å². The molecule has 2 aliphatic heterocycles. The molecule has 0 spiro atoms. The van der Waals surface area contributed by atoms with Gasteiger partial charge >= 0.3 is 111 Å². The Labute approximate surface area is 527 Å². The first kappa shape index (κ1) is 102. The molecule has 0 aromatic heterocycles. The van der Waals surface area contributed by atoms with Crippen LogP contribution in [0.2, 0.25) is 0 Å². The Morgan fingerprint density at radius 3 is 0.271 bits per heavy atom. The molecule has 2 rings (SSSR count). The van der Waals surface area contributed by atoms with Gasteiger partial charge in [0.05, 0.1) is 0 Å². The van der Waals surface area contributed by atoms with Crippen LogP contribution in [0.3, 0.4) is 0 Å². The van der Waals surface area contributed by atoms with Crippen LogP contribution in [0.4, 0.5) is 0 Å². The Morgan fingerprint density at radius 2 is 0.257 bits per heavy atom. The van der Waals surface area contributed by atoms with Gasteiger partial charge in [0.15, 0.2) is 0 Å². The van der Waals surface area contributed by atoms with Gasteiger partial charge in [0.25, 0.3) is 0 Å². The average molecular weight is 1080 g/mol. The summed E-state index contributed by atoms with van der Waals surface area (Å²) in [6, 6.07) is 8.00. The van der Waals surface area contributed by atoms with Crippen molar-refractivity contribution in [1.29, 1.82) is 0 Å². The van der Waals surface area contributed by atoms with E-state index in [1.807, 2.05) is 0 Å². The molecule has 0 bridgehead atoms. The SMILES string of the molecule is C1CCOC1.C1CCOC1.CC(C)[N-]C(C)C.CC(C)[N-]C(C)C.CC(C)[N-]C(C)C.CC(C)[N-]C(C)C.CC(C)[N-]C(C)C.CC(C)[N-]C(C)C.CC(C)[N-]C(C)C.CC(C)[N-]C(C)C.[Na+].[Na+].[Sc+3].[Sc+3]. The maximum atomic E-state index is 4.94. The monoisotopic (exact) mass is 1080 g/mol. The van der Waals surface area contributed by atoms with Gasteiger partial charge in [-0.1, -0.05) is 222 Å². The van der Waals surface area contributed by atoms with Crippen molar-refractivity contribution in [1.82, 2.24) is 0 Å². The van der Waals surface area contributed by atoms with Crippen molar-refractivity contribution >= 4 is 0 Å². The fourth-order valence-corrected chi connectivity index (χ4v) is 5.79. The Kier molecular flexibility index (Phi) is 112. The summed E-state index contributed by atoms with van der Waals surface area (Å²) in [4.78, 5) is 0. The van der Waals surface area contributed by atoms with Crippen LogP contribution in [0.1, 0.15) is 247 Å². The second-order valence-electron chi connectivity index (χ2n) is 21.3. The summed E-state index contributed by atoms with van der Waals surface area (Å²) in [6.07, 6.45) is 5.11. The van der Waals surface area contributed by atoms with Crippen LogP contribution in [-0.4, -0.2) is 123 Å². The molecule has 0 saturated carbocycles. The molecule has 0 aliphatic carbocycles. The summed E-state index contributed by atoms with van der Waals surface area (Å²) < 4.78 is 9.89. The zero-order chi connectivity index (χ0) is 54.0. The molecular weight excluding hydrogens is 953 g/mol. The number of rotatable bonds is 16. The third-order valence-electron chi connectivity index (χ3n) is 6.42. The van der Waals surface area contributed by atoms with E-state index in [1.165, 1.54) is 25.7 Å². The van der Waals surface area contributed by atoms with Crippen LogP contribution in [0, 0.1) is 0 Å². The molecule has 0 unspecified atom stereocenters. The molecule has 2 heterocycles. The van der Waals surface area contributed by atoms with Crippen molar-refractivity contribution in [3.8, 4) is 0 Å². The molecule has 10 nitrogen and oxygen atoms in total. The summed E-state index contributed by atoms with van der Waals surface area (Å²) in [5.74, 6) is 0. The molecule has 0 atom stereocenters. The van der Waals surface area contributed by atoms with Gasteiger partial charge in [-0.15, -0.1) is 96.7 Å². The molecular formula is C56H128N8Na2O2Sc2. The predicted octanol–water partition coefficient (Wildman–Crippen LogP) is 13.0. The van der Waals surface area contributed by atoms with Crippen LogP contribution >= 0.6 is 0 Å². The minimum absolute atomic E-state index is 0. The minimum Gasteiger partial charge on any atom is -0.658 e. The van der Waals surface area contributed by atoms with Crippen molar-refractivity contribution < 1.29 is 120 Å². The molecule has 70 heavy (non-hydrogen) atoms. The molecule has 2 fully saturated rings. The Morgan fingerprint density at radius 1 is 0.186 bits per heavy atom. The Hall–Kier alpha value is 3.34. The molecule has 14 heteroatoms. The summed E-state index contributed by atoms with van der Waals surface area (Å²) in [7, 11) is 0. The van der Waals surface area contributed by atoms with E-state index in [4.69, 9.17) is 9.47 Å². The third kappa shape index (κ3) is 172. The van der Waals surface area contributed by atoms with Crippen molar-refractivity contribution in [2.75, 3.05) is 26.4 Å². The largest absolute Gasteiger partial charge is 3.00 e. The van der Waals surface area contributed by atoms with Crippen molar-refractivity contribution in [3.05, 3.63) is 42.5 Å². The molecule has 2 aliphatic rings. The smallest absolute Gasteiger partial charge is 0.658 e. The van der Waals surface area contributed by atoms with E-state index in [9.17, 15) is 0 Å². The van der Waals surface area contributed by atoms with Crippen LogP contribution in [0.25, 0.3) is 42.5 Å². The number of ether oxygens (including phenoxy) is 2. The van der Waals surface area contributed by atoms with E-state index in [0.717, 1.165) is 26.4 Å². The molecule has 0 aromatic rings. The molecule has 0 aromatic carbocycles. The number of hydrogen-bond donors (Lipinski definition) is 0. The average Bonchev–Trinajstić information content (AvgIpc) is 3.82. The van der Waals surface area contributed by atoms with Gasteiger partial charge in [-0.25, -0.2) is 0 Å². The predicted molar refractivity (Wildman–Crippen MR) is 309 cm³/mol. The maximum Gasteiger partial charge on any atom is 3.00 e. The van der Waals surface area contributed by atoms with Gasteiger partial charge in [0.2, 0.25) is 0 Å². The number of hydrogen-bond acceptors (Lipinski definition) is 2. The fourth-order valence-electron chi connectivity index (χ4n) is 5.79. The summed E-state index contributed by atoms with van der Waals surface area (Å²) >= 11 is 0. The quantitative estimate of drug-likeness (QED) is 0.143. The van der Waals surface area contributed by atoms with E-state index < -0.39 is 0 Å². The first-order valence-electron chi connectivity index (χ1n) is 26.8. The van der Waals surface area contributed by atoms with Gasteiger partial charge in [-0.3, -0.25) is 0 Å². The molecule has 412 valence electrons. The third-order valence-corrected chi connectivity index (χ3v) is 6.42. The zero-order valence-electron chi connectivity index (χ0n) is 54.4. The van der Waals surface area contributed by atoms with Crippen molar-refractivity contribution in [2.24, 2.45) is 0 Å². The van der Waals surface area contributed by atoms with E-state index in [2.05, 4.69) is 264 Å². The summed E-state index contributed by atoms with van der Waals surface area (Å²) in [6.45, 7) is 71.1. The second kappa shape index (κ2) is 76.6. The fraction of sp³-hybridized carbons (Fsp3) is 1.00. The second-order valence-corrected chi connectivity index (χ2v) is 21.3. The van der Waals surface area contributed by atoms with Crippen LogP contribution in [0.15, 0.2) is 0 Å².